The molecule has 1 spiro atoms. The van der Waals surface area contributed by atoms with Crippen LogP contribution in [0.1, 0.15) is 6.42 Å². The van der Waals surface area contributed by atoms with E-state index in [1.807, 2.05) is 42.1 Å². The zero-order valence-electron chi connectivity index (χ0n) is 15.1. The molecular weight excluding hydrogens is 320 g/mol. The van der Waals surface area contributed by atoms with Crippen molar-refractivity contribution in [2.45, 2.75) is 12.0 Å². The van der Waals surface area contributed by atoms with Gasteiger partial charge in [0.1, 0.15) is 11.4 Å². The zero-order chi connectivity index (χ0) is 17.7. The Morgan fingerprint density at radius 2 is 2.36 bits per heavy atom. The molecule has 0 aromatic carbocycles. The van der Waals surface area contributed by atoms with E-state index >= 15 is 0 Å². The first-order valence-corrected chi connectivity index (χ1v) is 8.85. The van der Waals surface area contributed by atoms with E-state index in [-0.39, 0.29) is 11.5 Å². The van der Waals surface area contributed by atoms with Gasteiger partial charge >= 0.3 is 0 Å². The number of nitrogens with zero attached hydrogens (tertiary/aromatic N) is 3. The predicted molar refractivity (Wildman–Crippen MR) is 95.5 cm³/mol. The Morgan fingerprint density at radius 3 is 3.12 bits per heavy atom. The molecule has 7 nitrogen and oxygen atoms in total. The number of amides is 1. The van der Waals surface area contributed by atoms with Crippen LogP contribution in [0.25, 0.3) is 0 Å². The summed E-state index contributed by atoms with van der Waals surface area (Å²) in [6.07, 6.45) is 2.67. The second-order valence-electron chi connectivity index (χ2n) is 7.27. The minimum atomic E-state index is -0.380. The number of anilines is 1. The van der Waals surface area contributed by atoms with Crippen molar-refractivity contribution < 1.29 is 14.3 Å². The van der Waals surface area contributed by atoms with Crippen molar-refractivity contribution in [1.82, 2.24) is 14.8 Å². The smallest absolute Gasteiger partial charge is 0.236 e. The molecule has 0 aliphatic carbocycles. The maximum atomic E-state index is 12.4. The number of hydrogen-bond donors (Lipinski definition) is 1. The van der Waals surface area contributed by atoms with E-state index in [4.69, 9.17) is 9.47 Å². The summed E-state index contributed by atoms with van der Waals surface area (Å²) < 4.78 is 11.9. The van der Waals surface area contributed by atoms with Crippen molar-refractivity contribution in [3.63, 3.8) is 0 Å². The van der Waals surface area contributed by atoms with Crippen LogP contribution in [-0.2, 0) is 14.3 Å². The van der Waals surface area contributed by atoms with Gasteiger partial charge in [-0.15, -0.1) is 0 Å². The molecule has 1 aromatic rings. The van der Waals surface area contributed by atoms with Crippen LogP contribution in [0.15, 0.2) is 24.4 Å². The highest BCUT2D eigenvalue weighted by atomic mass is 16.5. The number of hydrogen-bond acceptors (Lipinski definition) is 6. The van der Waals surface area contributed by atoms with E-state index in [1.165, 1.54) is 0 Å². The third kappa shape index (κ3) is 4.90. The lowest BCUT2D eigenvalue weighted by molar-refractivity contribution is -0.135. The summed E-state index contributed by atoms with van der Waals surface area (Å²) in [5.74, 6) is 1.39. The number of ether oxygens (including phenoxy) is 2. The lowest BCUT2D eigenvalue weighted by Crippen LogP contribution is -2.48. The largest absolute Gasteiger partial charge is 0.377 e. The first-order valence-electron chi connectivity index (χ1n) is 8.85. The molecule has 2 saturated heterocycles. The lowest BCUT2D eigenvalue weighted by Gasteiger charge is -2.31. The van der Waals surface area contributed by atoms with Gasteiger partial charge in [0.25, 0.3) is 0 Å². The molecule has 25 heavy (non-hydrogen) atoms. The fourth-order valence-electron chi connectivity index (χ4n) is 3.49. The van der Waals surface area contributed by atoms with Crippen molar-refractivity contribution in [1.29, 1.82) is 0 Å². The van der Waals surface area contributed by atoms with Crippen LogP contribution in [0.4, 0.5) is 5.82 Å². The molecular formula is C18H28N4O3. The molecule has 2 aliphatic rings. The first-order chi connectivity index (χ1) is 12.1. The Hall–Kier alpha value is -1.70. The predicted octanol–water partition coefficient (Wildman–Crippen LogP) is 0.689. The van der Waals surface area contributed by atoms with Gasteiger partial charge in [0.05, 0.1) is 32.9 Å². The molecule has 0 bridgehead atoms. The van der Waals surface area contributed by atoms with Gasteiger partial charge in [0.15, 0.2) is 0 Å². The molecule has 2 unspecified atom stereocenters. The van der Waals surface area contributed by atoms with Gasteiger partial charge in [-0.2, -0.15) is 0 Å². The SMILES string of the molecule is CN(C)CC(=O)N1CCOCC2(CC(CNc3ccccn3)CO2)C1. The molecule has 1 amide bonds. The van der Waals surface area contributed by atoms with E-state index in [1.54, 1.807) is 6.20 Å². The summed E-state index contributed by atoms with van der Waals surface area (Å²) in [5.41, 5.74) is -0.380. The highest BCUT2D eigenvalue weighted by Gasteiger charge is 2.44. The fourth-order valence-corrected chi connectivity index (χ4v) is 3.49. The van der Waals surface area contributed by atoms with Crippen LogP contribution in [-0.4, -0.2) is 86.4 Å². The molecule has 2 atom stereocenters. The fraction of sp³-hybridized carbons (Fsp3) is 0.667. The maximum absolute atomic E-state index is 12.4. The molecule has 1 N–H and O–H groups in total. The Balaban J connectivity index is 1.56. The number of pyridine rings is 1. The Morgan fingerprint density at radius 1 is 1.48 bits per heavy atom. The third-order valence-electron chi connectivity index (χ3n) is 4.68. The molecule has 3 rings (SSSR count). The number of rotatable bonds is 5. The molecule has 2 fully saturated rings. The summed E-state index contributed by atoms with van der Waals surface area (Å²) in [7, 11) is 3.82. The summed E-state index contributed by atoms with van der Waals surface area (Å²) in [4.78, 5) is 20.5. The van der Waals surface area contributed by atoms with Crippen LogP contribution in [0, 0.1) is 5.92 Å². The molecule has 1 aromatic heterocycles. The standard InChI is InChI=1S/C18H28N4O3/c1-21(2)11-17(23)22-7-8-24-14-18(13-22)9-15(12-25-18)10-20-16-5-3-4-6-19-16/h3-6,15H,7-14H2,1-2H3,(H,19,20). The molecule has 7 heteroatoms. The van der Waals surface area contributed by atoms with Crippen LogP contribution in [0.5, 0.6) is 0 Å². The van der Waals surface area contributed by atoms with E-state index in [9.17, 15) is 4.79 Å². The van der Waals surface area contributed by atoms with Gasteiger partial charge in [0, 0.05) is 25.2 Å². The van der Waals surface area contributed by atoms with Crippen LogP contribution in [0.2, 0.25) is 0 Å². The van der Waals surface area contributed by atoms with Gasteiger partial charge in [-0.25, -0.2) is 4.98 Å². The van der Waals surface area contributed by atoms with Crippen molar-refractivity contribution in [3.8, 4) is 0 Å². The number of likely N-dealkylation sites (N-methyl/N-ethyl adjacent to an activating group) is 1. The van der Waals surface area contributed by atoms with Crippen LogP contribution in [0.3, 0.4) is 0 Å². The minimum Gasteiger partial charge on any atom is -0.377 e. The second kappa shape index (κ2) is 8.12. The molecule has 2 aliphatic heterocycles. The second-order valence-corrected chi connectivity index (χ2v) is 7.27. The van der Waals surface area contributed by atoms with Crippen molar-refractivity contribution >= 4 is 11.7 Å². The van der Waals surface area contributed by atoms with Gasteiger partial charge in [-0.05, 0) is 32.6 Å². The summed E-state index contributed by atoms with van der Waals surface area (Å²) in [5, 5.41) is 3.37. The zero-order valence-corrected chi connectivity index (χ0v) is 15.1. The maximum Gasteiger partial charge on any atom is 0.236 e. The molecule has 3 heterocycles. The summed E-state index contributed by atoms with van der Waals surface area (Å²) in [6, 6.07) is 5.83. The van der Waals surface area contributed by atoms with Crippen LogP contribution >= 0.6 is 0 Å². The quantitative estimate of drug-likeness (QED) is 0.845. The van der Waals surface area contributed by atoms with Crippen molar-refractivity contribution in [2.24, 2.45) is 5.92 Å². The highest BCUT2D eigenvalue weighted by Crippen LogP contribution is 2.33. The number of nitrogens with one attached hydrogen (secondary N) is 1. The van der Waals surface area contributed by atoms with Crippen molar-refractivity contribution in [2.75, 3.05) is 65.4 Å². The van der Waals surface area contributed by atoms with Gasteiger partial charge in [-0.3, -0.25) is 4.79 Å². The lowest BCUT2D eigenvalue weighted by atomic mass is 9.94. The minimum absolute atomic E-state index is 0.133. The van der Waals surface area contributed by atoms with Gasteiger partial charge in [0.2, 0.25) is 5.91 Å². The highest BCUT2D eigenvalue weighted by molar-refractivity contribution is 5.78. The summed E-state index contributed by atoms with van der Waals surface area (Å²) >= 11 is 0. The first kappa shape index (κ1) is 18.1. The van der Waals surface area contributed by atoms with E-state index in [0.29, 0.717) is 45.4 Å². The Bertz CT molecular complexity index is 569. The van der Waals surface area contributed by atoms with Gasteiger partial charge < -0.3 is 24.6 Å². The third-order valence-corrected chi connectivity index (χ3v) is 4.68. The topological polar surface area (TPSA) is 66.9 Å². The number of carbonyl (C=O) groups is 1. The Labute approximate surface area is 149 Å². The molecule has 138 valence electrons. The Kier molecular flexibility index (Phi) is 5.88. The van der Waals surface area contributed by atoms with E-state index < -0.39 is 0 Å². The van der Waals surface area contributed by atoms with E-state index in [2.05, 4.69) is 10.3 Å². The van der Waals surface area contributed by atoms with E-state index in [0.717, 1.165) is 18.8 Å². The number of carbonyl (C=O) groups excluding carboxylic acids is 1. The number of aromatic nitrogens is 1. The normalized spacial score (nSPS) is 26.8. The monoisotopic (exact) mass is 348 g/mol. The average Bonchev–Trinajstić information content (AvgIpc) is 2.86. The average molecular weight is 348 g/mol. The molecule has 0 saturated carbocycles. The van der Waals surface area contributed by atoms with Crippen LogP contribution < -0.4 is 5.32 Å². The summed E-state index contributed by atoms with van der Waals surface area (Å²) in [6.45, 7) is 4.28. The van der Waals surface area contributed by atoms with Crippen molar-refractivity contribution in [3.05, 3.63) is 24.4 Å². The molecule has 0 radical (unpaired) electrons. The van der Waals surface area contributed by atoms with Gasteiger partial charge in [-0.1, -0.05) is 6.07 Å².